The van der Waals surface area contributed by atoms with E-state index in [4.69, 9.17) is 9.47 Å². The van der Waals surface area contributed by atoms with Gasteiger partial charge in [0.2, 0.25) is 0 Å². The highest BCUT2D eigenvalue weighted by Crippen LogP contribution is 2.11. The van der Waals surface area contributed by atoms with Gasteiger partial charge in [-0.3, -0.25) is 9.67 Å². The molecular weight excluding hydrogens is 294 g/mol. The van der Waals surface area contributed by atoms with Crippen LogP contribution in [-0.2, 0) is 16.0 Å². The minimum atomic E-state index is 0.309. The largest absolute Gasteiger partial charge is 0.379 e. The Balaban J connectivity index is 1.47. The molecule has 0 spiro atoms. The third kappa shape index (κ3) is 7.00. The fourth-order valence-corrected chi connectivity index (χ4v) is 2.47. The van der Waals surface area contributed by atoms with Gasteiger partial charge in [0.15, 0.2) is 5.96 Å². The summed E-state index contributed by atoms with van der Waals surface area (Å²) in [5, 5.41) is 10.8. The molecule has 0 saturated carbocycles. The molecule has 7 heteroatoms. The second-order valence-corrected chi connectivity index (χ2v) is 5.77. The van der Waals surface area contributed by atoms with Crippen molar-refractivity contribution in [2.45, 2.75) is 38.8 Å². The predicted molar refractivity (Wildman–Crippen MR) is 90.7 cm³/mol. The summed E-state index contributed by atoms with van der Waals surface area (Å²) in [5.74, 6) is 0.813. The predicted octanol–water partition coefficient (Wildman–Crippen LogP) is 0.942. The Hall–Kier alpha value is -1.60. The average molecular weight is 323 g/mol. The molecule has 1 atom stereocenters. The number of nitrogens with zero attached hydrogens (tertiary/aromatic N) is 3. The zero-order chi connectivity index (χ0) is 16.3. The molecule has 1 unspecified atom stereocenters. The lowest BCUT2D eigenvalue weighted by atomic mass is 10.2. The zero-order valence-corrected chi connectivity index (χ0v) is 14.3. The number of aromatic nitrogens is 2. The highest BCUT2D eigenvalue weighted by atomic mass is 16.5. The Labute approximate surface area is 138 Å². The van der Waals surface area contributed by atoms with Gasteiger partial charge >= 0.3 is 0 Å². The summed E-state index contributed by atoms with van der Waals surface area (Å²) < 4.78 is 13.1. The summed E-state index contributed by atoms with van der Waals surface area (Å²) >= 11 is 0. The van der Waals surface area contributed by atoms with Crippen LogP contribution in [0.15, 0.2) is 17.4 Å². The SMILES string of the molecule is CN=C(NCCCOCC1CCCO1)NCCn1cc(C)cn1. The molecular formula is C16H29N5O2. The highest BCUT2D eigenvalue weighted by Gasteiger charge is 2.14. The molecule has 130 valence electrons. The van der Waals surface area contributed by atoms with E-state index in [9.17, 15) is 0 Å². The summed E-state index contributed by atoms with van der Waals surface area (Å²) in [6.45, 7) is 6.84. The van der Waals surface area contributed by atoms with Crippen molar-refractivity contribution in [1.82, 2.24) is 20.4 Å². The van der Waals surface area contributed by atoms with E-state index in [1.165, 1.54) is 5.56 Å². The molecule has 23 heavy (non-hydrogen) atoms. The topological polar surface area (TPSA) is 72.7 Å². The lowest BCUT2D eigenvalue weighted by Gasteiger charge is -2.13. The maximum Gasteiger partial charge on any atom is 0.191 e. The number of rotatable bonds is 9. The summed E-state index contributed by atoms with van der Waals surface area (Å²) in [6, 6.07) is 0. The lowest BCUT2D eigenvalue weighted by molar-refractivity contribution is 0.0168. The molecule has 0 aromatic carbocycles. The number of nitrogens with one attached hydrogen (secondary N) is 2. The summed E-state index contributed by atoms with van der Waals surface area (Å²) in [6.07, 6.45) is 7.45. The Kier molecular flexibility index (Phi) is 7.89. The molecule has 0 aliphatic carbocycles. The maximum absolute atomic E-state index is 5.64. The van der Waals surface area contributed by atoms with Crippen LogP contribution < -0.4 is 10.6 Å². The molecule has 1 saturated heterocycles. The zero-order valence-electron chi connectivity index (χ0n) is 14.3. The first kappa shape index (κ1) is 17.7. The normalized spacial score (nSPS) is 18.3. The van der Waals surface area contributed by atoms with Crippen LogP contribution >= 0.6 is 0 Å². The van der Waals surface area contributed by atoms with Crippen LogP contribution in [-0.4, -0.2) is 61.8 Å². The van der Waals surface area contributed by atoms with E-state index in [0.717, 1.165) is 64.7 Å². The third-order valence-corrected chi connectivity index (χ3v) is 3.70. The van der Waals surface area contributed by atoms with E-state index < -0.39 is 0 Å². The smallest absolute Gasteiger partial charge is 0.191 e. The van der Waals surface area contributed by atoms with E-state index in [-0.39, 0.29) is 0 Å². The van der Waals surface area contributed by atoms with Gasteiger partial charge in [-0.15, -0.1) is 0 Å². The van der Waals surface area contributed by atoms with Crippen molar-refractivity contribution in [3.63, 3.8) is 0 Å². The Morgan fingerprint density at radius 2 is 2.35 bits per heavy atom. The fraction of sp³-hybridized carbons (Fsp3) is 0.750. The number of hydrogen-bond acceptors (Lipinski definition) is 4. The molecule has 1 fully saturated rings. The molecule has 0 radical (unpaired) electrons. The first-order chi connectivity index (χ1) is 11.3. The van der Waals surface area contributed by atoms with Crippen LogP contribution in [0.4, 0.5) is 0 Å². The van der Waals surface area contributed by atoms with Crippen LogP contribution in [0.3, 0.4) is 0 Å². The van der Waals surface area contributed by atoms with E-state index in [0.29, 0.717) is 6.10 Å². The van der Waals surface area contributed by atoms with Crippen molar-refractivity contribution in [2.24, 2.45) is 4.99 Å². The molecule has 2 rings (SSSR count). The van der Waals surface area contributed by atoms with Crippen LogP contribution in [0.5, 0.6) is 0 Å². The van der Waals surface area contributed by atoms with Gasteiger partial charge in [0.25, 0.3) is 0 Å². The monoisotopic (exact) mass is 323 g/mol. The maximum atomic E-state index is 5.64. The van der Waals surface area contributed by atoms with Gasteiger partial charge in [-0.2, -0.15) is 5.10 Å². The molecule has 2 heterocycles. The Morgan fingerprint density at radius 1 is 1.48 bits per heavy atom. The van der Waals surface area contributed by atoms with Crippen molar-refractivity contribution >= 4 is 5.96 Å². The molecule has 7 nitrogen and oxygen atoms in total. The summed E-state index contributed by atoms with van der Waals surface area (Å²) in [5.41, 5.74) is 1.18. The van der Waals surface area contributed by atoms with E-state index in [2.05, 4.69) is 20.7 Å². The first-order valence-corrected chi connectivity index (χ1v) is 8.41. The van der Waals surface area contributed by atoms with Crippen LogP contribution in [0, 0.1) is 6.92 Å². The van der Waals surface area contributed by atoms with Crippen molar-refractivity contribution in [1.29, 1.82) is 0 Å². The molecule has 1 aliphatic rings. The lowest BCUT2D eigenvalue weighted by Crippen LogP contribution is -2.39. The Morgan fingerprint density at radius 3 is 3.04 bits per heavy atom. The van der Waals surface area contributed by atoms with Crippen molar-refractivity contribution in [3.05, 3.63) is 18.0 Å². The molecule has 1 aromatic rings. The van der Waals surface area contributed by atoms with Crippen LogP contribution in [0.25, 0.3) is 0 Å². The average Bonchev–Trinajstić information content (AvgIpc) is 3.20. The quantitative estimate of drug-likeness (QED) is 0.402. The second-order valence-electron chi connectivity index (χ2n) is 5.77. The van der Waals surface area contributed by atoms with E-state index >= 15 is 0 Å². The van der Waals surface area contributed by atoms with Gasteiger partial charge in [-0.1, -0.05) is 0 Å². The first-order valence-electron chi connectivity index (χ1n) is 8.41. The third-order valence-electron chi connectivity index (χ3n) is 3.70. The molecule has 2 N–H and O–H groups in total. The van der Waals surface area contributed by atoms with Gasteiger partial charge in [0.1, 0.15) is 0 Å². The summed E-state index contributed by atoms with van der Waals surface area (Å²) in [7, 11) is 1.78. The van der Waals surface area contributed by atoms with Gasteiger partial charge in [-0.25, -0.2) is 0 Å². The van der Waals surface area contributed by atoms with E-state index in [1.54, 1.807) is 7.05 Å². The number of aliphatic imine (C=N–C) groups is 1. The number of ether oxygens (including phenoxy) is 2. The number of aryl methyl sites for hydroxylation is 1. The second kappa shape index (κ2) is 10.2. The Bertz CT molecular complexity index is 469. The van der Waals surface area contributed by atoms with E-state index in [1.807, 2.05) is 24.0 Å². The summed E-state index contributed by atoms with van der Waals surface area (Å²) in [4.78, 5) is 4.21. The van der Waals surface area contributed by atoms with Gasteiger partial charge in [-0.05, 0) is 31.7 Å². The van der Waals surface area contributed by atoms with Crippen LogP contribution in [0.2, 0.25) is 0 Å². The fourth-order valence-electron chi connectivity index (χ4n) is 2.47. The standard InChI is InChI=1S/C16H29N5O2/c1-14-11-20-21(12-14)8-7-19-16(17-2)18-6-4-9-22-13-15-5-3-10-23-15/h11-12,15H,3-10,13H2,1-2H3,(H2,17,18,19). The van der Waals surface area contributed by atoms with Crippen LogP contribution in [0.1, 0.15) is 24.8 Å². The van der Waals surface area contributed by atoms with Crippen molar-refractivity contribution < 1.29 is 9.47 Å². The van der Waals surface area contributed by atoms with Gasteiger partial charge in [0.05, 0.1) is 25.5 Å². The van der Waals surface area contributed by atoms with Crippen molar-refractivity contribution in [2.75, 3.05) is 40.0 Å². The molecule has 0 bridgehead atoms. The van der Waals surface area contributed by atoms with Gasteiger partial charge in [0, 0.05) is 39.5 Å². The molecule has 1 aromatic heterocycles. The minimum Gasteiger partial charge on any atom is -0.379 e. The number of hydrogen-bond donors (Lipinski definition) is 2. The van der Waals surface area contributed by atoms with Crippen molar-refractivity contribution in [3.8, 4) is 0 Å². The highest BCUT2D eigenvalue weighted by molar-refractivity contribution is 5.79. The molecule has 0 amide bonds. The van der Waals surface area contributed by atoms with Gasteiger partial charge < -0.3 is 20.1 Å². The minimum absolute atomic E-state index is 0.309. The molecule has 1 aliphatic heterocycles. The number of guanidine groups is 1.